The summed E-state index contributed by atoms with van der Waals surface area (Å²) in [7, 11) is 4.57. The van der Waals surface area contributed by atoms with Crippen LogP contribution in [0.3, 0.4) is 0 Å². The number of thioether (sulfide) groups is 1. The highest BCUT2D eigenvalue weighted by Gasteiger charge is 2.32. The van der Waals surface area contributed by atoms with Crippen molar-refractivity contribution in [3.05, 3.63) is 59.9 Å². The predicted molar refractivity (Wildman–Crippen MR) is 142 cm³/mol. The van der Waals surface area contributed by atoms with Gasteiger partial charge in [-0.25, -0.2) is 9.98 Å². The standard InChI is InChI=1S/C26H27N5O6S/c1-16(2)30-14-24(37-29-30)28-23(32)15-38-26-27-19(25(33)31(26)18-9-7-6-8-10-18)11-17-12-21(35-4)22(36-5)13-20(17)34-3/h6-14,16H,15H2,1-5H3/b19-11+. The molecule has 1 aromatic heterocycles. The molecule has 12 heteroatoms. The molecule has 0 aliphatic carbocycles. The maximum Gasteiger partial charge on any atom is 0.320 e. The van der Waals surface area contributed by atoms with Gasteiger partial charge >= 0.3 is 5.88 Å². The Kier molecular flexibility index (Phi) is 8.31. The minimum absolute atomic E-state index is 0.0647. The van der Waals surface area contributed by atoms with E-state index in [9.17, 15) is 9.90 Å². The normalized spacial score (nSPS) is 14.8. The number of nitrogens with zero attached hydrogens (tertiary/aromatic N) is 5. The Bertz CT molecular complexity index is 1400. The largest absolute Gasteiger partial charge is 0.861 e. The van der Waals surface area contributed by atoms with Crippen LogP contribution in [0.15, 0.2) is 68.9 Å². The van der Waals surface area contributed by atoms with Crippen molar-refractivity contribution < 1.29 is 33.3 Å². The Morgan fingerprint density at radius 2 is 1.82 bits per heavy atom. The highest BCUT2D eigenvalue weighted by Crippen LogP contribution is 2.37. The Morgan fingerprint density at radius 3 is 2.45 bits per heavy atom. The summed E-state index contributed by atoms with van der Waals surface area (Å²) in [6.45, 7) is 3.86. The van der Waals surface area contributed by atoms with Gasteiger partial charge in [0.15, 0.2) is 22.7 Å². The van der Waals surface area contributed by atoms with E-state index < -0.39 is 5.90 Å². The number of benzene rings is 2. The lowest BCUT2D eigenvalue weighted by Gasteiger charge is -2.18. The number of para-hydroxylation sites is 1. The monoisotopic (exact) mass is 537 g/mol. The van der Waals surface area contributed by atoms with Gasteiger partial charge in [-0.05, 0) is 48.7 Å². The molecule has 0 N–H and O–H groups in total. The fourth-order valence-electron chi connectivity index (χ4n) is 3.53. The molecule has 3 aromatic rings. The van der Waals surface area contributed by atoms with Gasteiger partial charge in [-0.2, -0.15) is 0 Å². The van der Waals surface area contributed by atoms with E-state index in [1.807, 2.05) is 32.0 Å². The van der Waals surface area contributed by atoms with E-state index in [0.717, 1.165) is 11.8 Å². The number of hydrogen-bond acceptors (Lipinski definition) is 10. The van der Waals surface area contributed by atoms with E-state index in [0.29, 0.717) is 33.7 Å². The topological polar surface area (TPSA) is 126 Å². The van der Waals surface area contributed by atoms with Crippen molar-refractivity contribution in [1.82, 2.24) is 5.27 Å². The van der Waals surface area contributed by atoms with Gasteiger partial charge in [0.25, 0.3) is 12.1 Å². The van der Waals surface area contributed by atoms with Gasteiger partial charge in [-0.15, -0.1) is 0 Å². The number of carbonyl (C=O) groups is 1. The summed E-state index contributed by atoms with van der Waals surface area (Å²) in [5, 5.41) is 16.7. The SMILES string of the molecule is COc1cc(OC)c(OC)cc1/C=C1/N=C(SC/C([O-])=N\c2c[n+](C(C)C)no2)N(c2ccccc2)C1=O. The highest BCUT2D eigenvalue weighted by atomic mass is 32.2. The smallest absolute Gasteiger partial charge is 0.320 e. The summed E-state index contributed by atoms with van der Waals surface area (Å²) in [5.74, 6) is 0.674. The average molecular weight is 538 g/mol. The van der Waals surface area contributed by atoms with Gasteiger partial charge in [-0.1, -0.05) is 30.0 Å². The van der Waals surface area contributed by atoms with Gasteiger partial charge in [0, 0.05) is 17.4 Å². The van der Waals surface area contributed by atoms with Gasteiger partial charge < -0.3 is 19.3 Å². The third-order valence-corrected chi connectivity index (χ3v) is 6.36. The van der Waals surface area contributed by atoms with Gasteiger partial charge in [0.1, 0.15) is 11.4 Å². The molecule has 1 amide bonds. The van der Waals surface area contributed by atoms with Crippen molar-refractivity contribution in [2.24, 2.45) is 9.98 Å². The molecule has 2 heterocycles. The fraction of sp³-hybridized carbons (Fsp3) is 0.269. The van der Waals surface area contributed by atoms with Crippen LogP contribution in [0.1, 0.15) is 25.5 Å². The van der Waals surface area contributed by atoms with E-state index in [2.05, 4.69) is 15.3 Å². The van der Waals surface area contributed by atoms with Crippen LogP contribution in [0.5, 0.6) is 17.2 Å². The fourth-order valence-corrected chi connectivity index (χ4v) is 4.33. The molecular formula is C26H27N5O6S. The summed E-state index contributed by atoms with van der Waals surface area (Å²) < 4.78 is 22.9. The molecule has 11 nitrogen and oxygen atoms in total. The minimum Gasteiger partial charge on any atom is -0.861 e. The number of hydrogen-bond donors (Lipinski definition) is 0. The molecule has 0 fully saturated rings. The number of carbonyl (C=O) groups excluding carboxylic acids is 1. The van der Waals surface area contributed by atoms with Crippen LogP contribution in [0, 0.1) is 0 Å². The first-order chi connectivity index (χ1) is 18.3. The van der Waals surface area contributed by atoms with E-state index >= 15 is 0 Å². The Balaban J connectivity index is 1.65. The molecule has 0 unspecified atom stereocenters. The summed E-state index contributed by atoms with van der Waals surface area (Å²) in [6.07, 6.45) is 3.16. The second kappa shape index (κ2) is 11.8. The molecule has 1 aliphatic heterocycles. The molecule has 0 saturated carbocycles. The predicted octanol–water partition coefficient (Wildman–Crippen LogP) is 3.14. The quantitative estimate of drug-likeness (QED) is 0.176. The van der Waals surface area contributed by atoms with Crippen LogP contribution in [-0.4, -0.2) is 49.3 Å². The van der Waals surface area contributed by atoms with Crippen molar-refractivity contribution in [2.45, 2.75) is 19.9 Å². The van der Waals surface area contributed by atoms with Gasteiger partial charge in [0.05, 0.1) is 27.0 Å². The van der Waals surface area contributed by atoms with Crippen LogP contribution in [0.2, 0.25) is 0 Å². The van der Waals surface area contributed by atoms with Crippen molar-refractivity contribution in [3.63, 3.8) is 0 Å². The Morgan fingerprint density at radius 1 is 1.13 bits per heavy atom. The van der Waals surface area contributed by atoms with E-state index in [1.54, 1.807) is 41.2 Å². The molecule has 0 atom stereocenters. The zero-order valence-corrected chi connectivity index (χ0v) is 22.4. The molecule has 2 aromatic carbocycles. The number of amidine groups is 1. The third-order valence-electron chi connectivity index (χ3n) is 5.43. The molecule has 198 valence electrons. The highest BCUT2D eigenvalue weighted by molar-refractivity contribution is 8.14. The Hall–Kier alpha value is -4.32. The van der Waals surface area contributed by atoms with Crippen LogP contribution < -0.4 is 28.9 Å². The molecule has 0 saturated heterocycles. The molecule has 0 radical (unpaired) electrons. The summed E-state index contributed by atoms with van der Waals surface area (Å²) >= 11 is 1.10. The van der Waals surface area contributed by atoms with E-state index in [-0.39, 0.29) is 29.3 Å². The summed E-state index contributed by atoms with van der Waals surface area (Å²) in [4.78, 5) is 23.5. The van der Waals surface area contributed by atoms with Crippen molar-refractivity contribution in [3.8, 4) is 17.2 Å². The lowest BCUT2D eigenvalue weighted by Crippen LogP contribution is -2.36. The number of methoxy groups -OCH3 is 3. The lowest BCUT2D eigenvalue weighted by molar-refractivity contribution is -0.779. The first kappa shape index (κ1) is 26.7. The van der Waals surface area contributed by atoms with Crippen LogP contribution in [0.4, 0.5) is 11.6 Å². The van der Waals surface area contributed by atoms with Crippen LogP contribution in [0.25, 0.3) is 6.08 Å². The maximum atomic E-state index is 13.5. The number of aliphatic imine (C=N–C) groups is 2. The summed E-state index contributed by atoms with van der Waals surface area (Å²) in [6, 6.07) is 12.5. The van der Waals surface area contributed by atoms with E-state index in [1.165, 1.54) is 26.2 Å². The van der Waals surface area contributed by atoms with Crippen LogP contribution >= 0.6 is 11.8 Å². The second-order valence-corrected chi connectivity index (χ2v) is 9.20. The van der Waals surface area contributed by atoms with Crippen LogP contribution in [-0.2, 0) is 4.79 Å². The van der Waals surface area contributed by atoms with E-state index in [4.69, 9.17) is 18.7 Å². The average Bonchev–Trinajstić information content (AvgIpc) is 3.52. The molecule has 0 bridgehead atoms. The number of anilines is 1. The number of ether oxygens (including phenoxy) is 3. The molecular weight excluding hydrogens is 510 g/mol. The zero-order chi connectivity index (χ0) is 27.2. The molecule has 4 rings (SSSR count). The zero-order valence-electron chi connectivity index (χ0n) is 21.6. The van der Waals surface area contributed by atoms with Crippen molar-refractivity contribution in [1.29, 1.82) is 0 Å². The molecule has 0 spiro atoms. The number of rotatable bonds is 9. The molecule has 1 aliphatic rings. The first-order valence-electron chi connectivity index (χ1n) is 11.6. The van der Waals surface area contributed by atoms with Gasteiger partial charge in [-0.3, -0.25) is 14.2 Å². The second-order valence-electron chi connectivity index (χ2n) is 8.26. The Labute approximate surface area is 224 Å². The first-order valence-corrected chi connectivity index (χ1v) is 12.6. The van der Waals surface area contributed by atoms with Crippen molar-refractivity contribution in [2.75, 3.05) is 32.0 Å². The number of aromatic nitrogens is 2. The third kappa shape index (κ3) is 5.80. The lowest BCUT2D eigenvalue weighted by atomic mass is 10.1. The molecule has 38 heavy (non-hydrogen) atoms. The minimum atomic E-state index is -0.454. The van der Waals surface area contributed by atoms with Gasteiger partial charge in [0.2, 0.25) is 5.27 Å². The van der Waals surface area contributed by atoms with Crippen molar-refractivity contribution >= 4 is 46.4 Å². The maximum absolute atomic E-state index is 13.5. The summed E-state index contributed by atoms with van der Waals surface area (Å²) in [5.41, 5.74) is 1.36. The number of amides is 1.